The zero-order chi connectivity index (χ0) is 15.5. The van der Waals surface area contributed by atoms with Crippen LogP contribution >= 0.6 is 24.0 Å². The van der Waals surface area contributed by atoms with Gasteiger partial charge in [-0.05, 0) is 24.8 Å². The summed E-state index contributed by atoms with van der Waals surface area (Å²) in [5, 5.41) is 3.14. The van der Waals surface area contributed by atoms with Gasteiger partial charge < -0.3 is 15.8 Å². The van der Waals surface area contributed by atoms with Gasteiger partial charge in [-0.1, -0.05) is 44.2 Å². The second-order valence-electron chi connectivity index (χ2n) is 5.46. The van der Waals surface area contributed by atoms with Crippen LogP contribution in [-0.4, -0.2) is 32.3 Å². The summed E-state index contributed by atoms with van der Waals surface area (Å²) in [5.74, 6) is 1.45. The third-order valence-electron chi connectivity index (χ3n) is 3.47. The molecule has 0 radical (unpaired) electrons. The Balaban J connectivity index is 0.00000441. The molecule has 1 unspecified atom stereocenters. The fourth-order valence-corrected chi connectivity index (χ4v) is 2.19. The fourth-order valence-electron chi connectivity index (χ4n) is 2.19. The molecule has 0 spiro atoms. The Bertz CT molecular complexity index is 410. The Morgan fingerprint density at radius 1 is 1.27 bits per heavy atom. The number of nitrogens with one attached hydrogen (secondary N) is 1. The van der Waals surface area contributed by atoms with E-state index in [2.05, 4.69) is 48.4 Å². The van der Waals surface area contributed by atoms with E-state index in [1.54, 1.807) is 0 Å². The Hall–Kier alpha value is -0.820. The topological polar surface area (TPSA) is 59.6 Å². The lowest BCUT2D eigenvalue weighted by Crippen LogP contribution is -2.33. The first-order chi connectivity index (χ1) is 10.1. The smallest absolute Gasteiger partial charge is 0.188 e. The van der Waals surface area contributed by atoms with E-state index in [0.717, 1.165) is 26.2 Å². The van der Waals surface area contributed by atoms with Crippen molar-refractivity contribution in [2.24, 2.45) is 16.6 Å². The van der Waals surface area contributed by atoms with Crippen LogP contribution in [0.25, 0.3) is 0 Å². The lowest BCUT2D eigenvalue weighted by Gasteiger charge is -2.19. The quantitative estimate of drug-likeness (QED) is 0.279. The monoisotopic (exact) mass is 419 g/mol. The number of nitrogens with zero attached hydrogens (tertiary/aromatic N) is 1. The van der Waals surface area contributed by atoms with E-state index >= 15 is 0 Å². The highest BCUT2D eigenvalue weighted by Gasteiger charge is 2.15. The molecule has 0 aliphatic heterocycles. The average Bonchev–Trinajstić information content (AvgIpc) is 2.48. The maximum absolute atomic E-state index is 5.91. The van der Waals surface area contributed by atoms with E-state index in [0.29, 0.717) is 24.3 Å². The van der Waals surface area contributed by atoms with Crippen molar-refractivity contribution >= 4 is 29.9 Å². The second-order valence-corrected chi connectivity index (χ2v) is 5.46. The van der Waals surface area contributed by atoms with Crippen molar-refractivity contribution in [3.05, 3.63) is 35.9 Å². The van der Waals surface area contributed by atoms with Gasteiger partial charge in [0.25, 0.3) is 0 Å². The number of aliphatic imine (C=N–C) groups is 1. The number of ether oxygens (including phenoxy) is 1. The van der Waals surface area contributed by atoms with Crippen LogP contribution in [0.1, 0.15) is 38.7 Å². The number of halogens is 1. The molecule has 5 heteroatoms. The lowest BCUT2D eigenvalue weighted by atomic mass is 9.88. The number of guanidine groups is 1. The van der Waals surface area contributed by atoms with E-state index in [-0.39, 0.29) is 24.0 Å². The molecule has 0 fully saturated rings. The first-order valence-corrected chi connectivity index (χ1v) is 7.81. The summed E-state index contributed by atoms with van der Waals surface area (Å²) in [4.78, 5) is 4.48. The molecule has 22 heavy (non-hydrogen) atoms. The predicted molar refractivity (Wildman–Crippen MR) is 105 cm³/mol. The van der Waals surface area contributed by atoms with Gasteiger partial charge in [0.2, 0.25) is 0 Å². The molecular weight excluding hydrogens is 389 g/mol. The zero-order valence-corrected chi connectivity index (χ0v) is 16.2. The van der Waals surface area contributed by atoms with Crippen LogP contribution in [0.4, 0.5) is 0 Å². The Labute approximate surface area is 151 Å². The molecule has 1 rings (SSSR count). The average molecular weight is 419 g/mol. The van der Waals surface area contributed by atoms with Gasteiger partial charge in [0.05, 0.1) is 0 Å². The Morgan fingerprint density at radius 2 is 1.95 bits per heavy atom. The van der Waals surface area contributed by atoms with Crippen molar-refractivity contribution in [2.75, 3.05) is 26.3 Å². The minimum atomic E-state index is 0. The van der Waals surface area contributed by atoms with Gasteiger partial charge >= 0.3 is 0 Å². The summed E-state index contributed by atoms with van der Waals surface area (Å²) in [6, 6.07) is 10.5. The molecule has 126 valence electrons. The number of hydrogen-bond acceptors (Lipinski definition) is 2. The predicted octanol–water partition coefficient (Wildman–Crippen LogP) is 3.38. The highest BCUT2D eigenvalue weighted by Crippen LogP contribution is 2.24. The number of benzene rings is 1. The van der Waals surface area contributed by atoms with Crippen molar-refractivity contribution in [1.29, 1.82) is 0 Å². The molecule has 0 heterocycles. The van der Waals surface area contributed by atoms with Crippen molar-refractivity contribution in [3.8, 4) is 0 Å². The lowest BCUT2D eigenvalue weighted by molar-refractivity contribution is 0.145. The number of hydrogen-bond donors (Lipinski definition) is 2. The van der Waals surface area contributed by atoms with E-state index in [1.165, 1.54) is 5.56 Å². The minimum absolute atomic E-state index is 0. The normalized spacial score (nSPS) is 12.8. The van der Waals surface area contributed by atoms with Gasteiger partial charge in [0.15, 0.2) is 5.96 Å². The summed E-state index contributed by atoms with van der Waals surface area (Å²) < 4.78 is 5.28. The standard InChI is InChI=1S/C17H29N3O.HI/c1-4-21-12-8-11-19-17(18)20-13-16(14(2)3)15-9-6-5-7-10-15;/h5-7,9-10,14,16H,4,8,11-13H2,1-3H3,(H3,18,19,20);1H. The van der Waals surface area contributed by atoms with Gasteiger partial charge in [0, 0.05) is 32.2 Å². The number of nitrogens with two attached hydrogens (primary N) is 1. The molecule has 0 aromatic heterocycles. The second kappa shape index (κ2) is 12.7. The zero-order valence-electron chi connectivity index (χ0n) is 13.9. The van der Waals surface area contributed by atoms with Gasteiger partial charge in [0.1, 0.15) is 0 Å². The summed E-state index contributed by atoms with van der Waals surface area (Å²) in [6.07, 6.45) is 0.941. The molecule has 0 amide bonds. The number of rotatable bonds is 9. The minimum Gasteiger partial charge on any atom is -0.382 e. The van der Waals surface area contributed by atoms with Crippen molar-refractivity contribution < 1.29 is 4.74 Å². The van der Waals surface area contributed by atoms with Crippen molar-refractivity contribution in [2.45, 2.75) is 33.1 Å². The van der Waals surface area contributed by atoms with Crippen LogP contribution in [0.2, 0.25) is 0 Å². The molecule has 4 nitrogen and oxygen atoms in total. The van der Waals surface area contributed by atoms with Gasteiger partial charge in [-0.3, -0.25) is 4.99 Å². The van der Waals surface area contributed by atoms with E-state index in [9.17, 15) is 0 Å². The van der Waals surface area contributed by atoms with Crippen LogP contribution in [0.5, 0.6) is 0 Å². The van der Waals surface area contributed by atoms with Crippen LogP contribution in [0.3, 0.4) is 0 Å². The van der Waals surface area contributed by atoms with E-state index < -0.39 is 0 Å². The summed E-state index contributed by atoms with van der Waals surface area (Å²) in [5.41, 5.74) is 7.23. The highest BCUT2D eigenvalue weighted by molar-refractivity contribution is 14.0. The van der Waals surface area contributed by atoms with E-state index in [1.807, 2.05) is 13.0 Å². The van der Waals surface area contributed by atoms with Crippen LogP contribution in [0, 0.1) is 5.92 Å². The Morgan fingerprint density at radius 3 is 2.55 bits per heavy atom. The molecule has 1 aromatic rings. The maximum Gasteiger partial charge on any atom is 0.188 e. The molecule has 0 bridgehead atoms. The largest absolute Gasteiger partial charge is 0.382 e. The Kier molecular flexibility index (Phi) is 12.2. The molecule has 3 N–H and O–H groups in total. The maximum atomic E-state index is 5.91. The van der Waals surface area contributed by atoms with Crippen LogP contribution in [-0.2, 0) is 4.74 Å². The molecule has 1 atom stereocenters. The summed E-state index contributed by atoms with van der Waals surface area (Å²) in [7, 11) is 0. The molecule has 1 aromatic carbocycles. The highest BCUT2D eigenvalue weighted by atomic mass is 127. The summed E-state index contributed by atoms with van der Waals surface area (Å²) >= 11 is 0. The molecule has 0 saturated carbocycles. The SMILES string of the molecule is CCOCCCNC(N)=NCC(c1ccccc1)C(C)C.I. The van der Waals surface area contributed by atoms with Gasteiger partial charge in [-0.25, -0.2) is 0 Å². The first kappa shape index (κ1) is 21.2. The van der Waals surface area contributed by atoms with Crippen molar-refractivity contribution in [1.82, 2.24) is 5.32 Å². The third-order valence-corrected chi connectivity index (χ3v) is 3.47. The van der Waals surface area contributed by atoms with Gasteiger partial charge in [-0.15, -0.1) is 24.0 Å². The molecular formula is C17H30IN3O. The van der Waals surface area contributed by atoms with Gasteiger partial charge in [-0.2, -0.15) is 0 Å². The first-order valence-electron chi connectivity index (χ1n) is 7.81. The van der Waals surface area contributed by atoms with Crippen molar-refractivity contribution in [3.63, 3.8) is 0 Å². The third kappa shape index (κ3) is 8.58. The molecule has 0 aliphatic carbocycles. The van der Waals surface area contributed by atoms with Crippen LogP contribution in [0.15, 0.2) is 35.3 Å². The molecule has 0 aliphatic rings. The fraction of sp³-hybridized carbons (Fsp3) is 0.588. The molecule has 0 saturated heterocycles. The van der Waals surface area contributed by atoms with Crippen LogP contribution < -0.4 is 11.1 Å². The van der Waals surface area contributed by atoms with E-state index in [4.69, 9.17) is 10.5 Å². The summed E-state index contributed by atoms with van der Waals surface area (Å²) in [6.45, 7) is 9.47.